The molecule has 0 heterocycles. The van der Waals surface area contributed by atoms with Gasteiger partial charge in [0.25, 0.3) is 0 Å². The minimum atomic E-state index is -0.0770. The van der Waals surface area contributed by atoms with Crippen molar-refractivity contribution in [1.29, 1.82) is 0 Å². The zero-order valence-electron chi connectivity index (χ0n) is 30.6. The van der Waals surface area contributed by atoms with Crippen molar-refractivity contribution in [2.24, 2.45) is 17.8 Å². The van der Waals surface area contributed by atoms with E-state index in [1.54, 1.807) is 5.56 Å². The molecule has 51 heavy (non-hydrogen) atoms. The third kappa shape index (κ3) is 4.80. The minimum Gasteiger partial charge on any atom is -0.310 e. The number of nitrogens with zero attached hydrogens (tertiary/aromatic N) is 1. The maximum Gasteiger partial charge on any atom is 0.0546 e. The summed E-state index contributed by atoms with van der Waals surface area (Å²) in [5.74, 6) is 3.22. The normalized spacial score (nSPS) is 23.8. The van der Waals surface area contributed by atoms with Crippen LogP contribution in [0.4, 0.5) is 17.1 Å². The summed E-state index contributed by atoms with van der Waals surface area (Å²) in [5, 5.41) is 2.57. The van der Waals surface area contributed by atoms with Crippen molar-refractivity contribution in [2.45, 2.75) is 83.0 Å². The summed E-state index contributed by atoms with van der Waals surface area (Å²) in [4.78, 5) is 2.57. The number of fused-ring (bicyclic) bond motifs is 4. The van der Waals surface area contributed by atoms with Gasteiger partial charge in [-0.25, -0.2) is 0 Å². The highest BCUT2D eigenvalue weighted by Gasteiger charge is 2.51. The van der Waals surface area contributed by atoms with E-state index in [1.165, 1.54) is 105 Å². The number of benzene rings is 6. The zero-order chi connectivity index (χ0) is 34.5. The number of hydrogen-bond donors (Lipinski definition) is 0. The van der Waals surface area contributed by atoms with Gasteiger partial charge >= 0.3 is 0 Å². The topological polar surface area (TPSA) is 3.24 Å². The molecule has 0 amide bonds. The fourth-order valence-corrected chi connectivity index (χ4v) is 11.6. The molecule has 0 unspecified atom stereocenters. The number of hydrogen-bond acceptors (Lipinski definition) is 1. The lowest BCUT2D eigenvalue weighted by molar-refractivity contribution is -0.00518. The highest BCUT2D eigenvalue weighted by Crippen LogP contribution is 2.61. The Kier molecular flexibility index (Phi) is 6.99. The highest BCUT2D eigenvalue weighted by molar-refractivity contribution is 6.06. The van der Waals surface area contributed by atoms with Crippen LogP contribution in [0.5, 0.6) is 0 Å². The molecule has 254 valence electrons. The molecule has 4 saturated carbocycles. The van der Waals surface area contributed by atoms with Crippen LogP contribution in [-0.4, -0.2) is 0 Å². The minimum absolute atomic E-state index is 0.0770. The maximum absolute atomic E-state index is 2.57. The van der Waals surface area contributed by atoms with Crippen molar-refractivity contribution in [2.75, 3.05) is 4.90 Å². The number of rotatable bonds is 6. The summed E-state index contributed by atoms with van der Waals surface area (Å²) in [5.41, 5.74) is 15.1. The van der Waals surface area contributed by atoms with Gasteiger partial charge in [0.05, 0.1) is 5.69 Å². The van der Waals surface area contributed by atoms with E-state index in [0.717, 1.165) is 17.8 Å². The van der Waals surface area contributed by atoms with Crippen LogP contribution in [0.15, 0.2) is 127 Å². The molecule has 0 N–H and O–H groups in total. The predicted octanol–water partition coefficient (Wildman–Crippen LogP) is 13.9. The Hall–Kier alpha value is -4.62. The van der Waals surface area contributed by atoms with Gasteiger partial charge in [-0.15, -0.1) is 0 Å². The summed E-state index contributed by atoms with van der Waals surface area (Å²) in [6, 6.07) is 48.9. The van der Waals surface area contributed by atoms with E-state index < -0.39 is 0 Å². The number of anilines is 3. The first kappa shape index (κ1) is 31.1. The summed E-state index contributed by atoms with van der Waals surface area (Å²) < 4.78 is 0. The van der Waals surface area contributed by atoms with E-state index in [2.05, 4.69) is 160 Å². The van der Waals surface area contributed by atoms with Gasteiger partial charge < -0.3 is 4.90 Å². The Morgan fingerprint density at radius 2 is 1.18 bits per heavy atom. The van der Waals surface area contributed by atoms with Gasteiger partial charge in [0, 0.05) is 22.4 Å². The second-order valence-electron chi connectivity index (χ2n) is 17.4. The molecule has 4 bridgehead atoms. The van der Waals surface area contributed by atoms with Gasteiger partial charge in [0.2, 0.25) is 0 Å². The Bertz CT molecular complexity index is 2270. The third-order valence-electron chi connectivity index (χ3n) is 13.6. The molecule has 1 nitrogen and oxygen atoms in total. The third-order valence-corrected chi connectivity index (χ3v) is 13.6. The second kappa shape index (κ2) is 11.4. The Balaban J connectivity index is 1.19. The average molecular weight is 664 g/mol. The lowest BCUT2D eigenvalue weighted by Crippen LogP contribution is -2.48. The van der Waals surface area contributed by atoms with Gasteiger partial charge in [-0.05, 0) is 148 Å². The molecule has 0 saturated heterocycles. The zero-order valence-corrected chi connectivity index (χ0v) is 30.6. The molecular weight excluding hydrogens is 615 g/mol. The molecule has 11 rings (SSSR count). The SMILES string of the molecule is CC(C)c1ccccc1-c1c(N(c2ccc(C34CC5CC(CC(C5)C3)C4)cc2)c2ccc3c(c2)C(C)(C)c2ccccc2-3)ccc2ccccc12. The summed E-state index contributed by atoms with van der Waals surface area (Å²) in [7, 11) is 0. The predicted molar refractivity (Wildman–Crippen MR) is 216 cm³/mol. The van der Waals surface area contributed by atoms with Gasteiger partial charge in [-0.3, -0.25) is 0 Å². The van der Waals surface area contributed by atoms with Crippen molar-refractivity contribution >= 4 is 27.8 Å². The van der Waals surface area contributed by atoms with Crippen molar-refractivity contribution < 1.29 is 0 Å². The molecule has 4 fully saturated rings. The van der Waals surface area contributed by atoms with Crippen molar-refractivity contribution in [3.05, 3.63) is 150 Å². The average Bonchev–Trinajstić information content (AvgIpc) is 3.37. The first-order chi connectivity index (χ1) is 24.8. The quantitative estimate of drug-likeness (QED) is 0.171. The van der Waals surface area contributed by atoms with Crippen LogP contribution in [0.25, 0.3) is 33.0 Å². The van der Waals surface area contributed by atoms with E-state index >= 15 is 0 Å². The smallest absolute Gasteiger partial charge is 0.0546 e. The molecule has 6 aromatic carbocycles. The van der Waals surface area contributed by atoms with Gasteiger partial charge in [-0.2, -0.15) is 0 Å². The van der Waals surface area contributed by atoms with Crippen molar-refractivity contribution in [3.8, 4) is 22.3 Å². The van der Waals surface area contributed by atoms with Crippen molar-refractivity contribution in [1.82, 2.24) is 0 Å². The van der Waals surface area contributed by atoms with Crippen LogP contribution in [-0.2, 0) is 10.8 Å². The van der Waals surface area contributed by atoms with E-state index in [4.69, 9.17) is 0 Å². The summed E-state index contributed by atoms with van der Waals surface area (Å²) in [6.45, 7) is 9.44. The molecule has 0 spiro atoms. The van der Waals surface area contributed by atoms with E-state index in [1.807, 2.05) is 0 Å². The first-order valence-electron chi connectivity index (χ1n) is 19.6. The van der Waals surface area contributed by atoms with Gasteiger partial charge in [0.1, 0.15) is 0 Å². The molecular formula is C50H49N. The molecule has 0 aromatic heterocycles. The molecule has 0 atom stereocenters. The van der Waals surface area contributed by atoms with Crippen LogP contribution in [0.1, 0.15) is 94.4 Å². The Morgan fingerprint density at radius 3 is 1.90 bits per heavy atom. The van der Waals surface area contributed by atoms with E-state index in [9.17, 15) is 0 Å². The van der Waals surface area contributed by atoms with Gasteiger partial charge in [0.15, 0.2) is 0 Å². The summed E-state index contributed by atoms with van der Waals surface area (Å²) in [6.07, 6.45) is 8.61. The lowest BCUT2D eigenvalue weighted by Gasteiger charge is -2.57. The fourth-order valence-electron chi connectivity index (χ4n) is 11.6. The van der Waals surface area contributed by atoms with Crippen LogP contribution in [0.2, 0.25) is 0 Å². The van der Waals surface area contributed by atoms with Crippen LogP contribution >= 0.6 is 0 Å². The Labute approximate surface area is 304 Å². The first-order valence-corrected chi connectivity index (χ1v) is 19.6. The molecule has 5 aliphatic carbocycles. The standard InChI is InChI=1S/C50H49N/c1-32(2)40-12-7-8-15-44(40)48-41-13-6-5-11-36(41)17-24-47(48)51(39-22-23-43-42-14-9-10-16-45(42)49(3,4)46(43)28-39)38-20-18-37(19-21-38)50-29-33-25-34(30-50)27-35(26-33)31-50/h5-24,28,32-35H,25-27,29-31H2,1-4H3. The summed E-state index contributed by atoms with van der Waals surface area (Å²) >= 11 is 0. The van der Waals surface area contributed by atoms with E-state index in [0.29, 0.717) is 11.3 Å². The second-order valence-corrected chi connectivity index (χ2v) is 17.4. The highest BCUT2D eigenvalue weighted by atomic mass is 15.1. The molecule has 6 aromatic rings. The van der Waals surface area contributed by atoms with Crippen LogP contribution < -0.4 is 4.90 Å². The molecule has 1 heteroatoms. The Morgan fingerprint density at radius 1 is 0.569 bits per heavy atom. The maximum atomic E-state index is 2.57. The largest absolute Gasteiger partial charge is 0.310 e. The molecule has 5 aliphatic rings. The van der Waals surface area contributed by atoms with Crippen LogP contribution in [0.3, 0.4) is 0 Å². The van der Waals surface area contributed by atoms with Crippen molar-refractivity contribution in [3.63, 3.8) is 0 Å². The molecule has 0 aliphatic heterocycles. The lowest BCUT2D eigenvalue weighted by atomic mass is 9.48. The fraction of sp³-hybridized carbons (Fsp3) is 0.320. The van der Waals surface area contributed by atoms with Gasteiger partial charge in [-0.1, -0.05) is 125 Å². The monoisotopic (exact) mass is 663 g/mol. The van der Waals surface area contributed by atoms with Crippen LogP contribution in [0, 0.1) is 17.8 Å². The van der Waals surface area contributed by atoms with E-state index in [-0.39, 0.29) is 5.41 Å². The molecule has 0 radical (unpaired) electrons.